The molecule has 158 valence electrons. The van der Waals surface area contributed by atoms with Gasteiger partial charge in [-0.05, 0) is 31.2 Å². The van der Waals surface area contributed by atoms with E-state index in [0.29, 0.717) is 0 Å². The van der Waals surface area contributed by atoms with Crippen molar-refractivity contribution in [3.63, 3.8) is 0 Å². The van der Waals surface area contributed by atoms with E-state index in [9.17, 15) is 19.5 Å². The van der Waals surface area contributed by atoms with Crippen molar-refractivity contribution in [2.24, 2.45) is 5.41 Å². The third kappa shape index (κ3) is 3.75. The summed E-state index contributed by atoms with van der Waals surface area (Å²) < 4.78 is 0. The Balaban J connectivity index is 1.92. The van der Waals surface area contributed by atoms with Crippen LogP contribution >= 0.6 is 0 Å². The first-order valence-electron chi connectivity index (χ1n) is 9.88. The van der Waals surface area contributed by atoms with E-state index in [4.69, 9.17) is 0 Å². The highest BCUT2D eigenvalue weighted by molar-refractivity contribution is 5.97. The van der Waals surface area contributed by atoms with Crippen LogP contribution in [-0.4, -0.2) is 41.0 Å². The number of rotatable bonds is 6. The normalized spacial score (nSPS) is 15.9. The average Bonchev–Trinajstić information content (AvgIpc) is 3.17. The van der Waals surface area contributed by atoms with Gasteiger partial charge in [-0.3, -0.25) is 14.4 Å². The Kier molecular flexibility index (Phi) is 5.83. The van der Waals surface area contributed by atoms with Gasteiger partial charge in [-0.1, -0.05) is 25.7 Å². The fourth-order valence-electron chi connectivity index (χ4n) is 3.85. The van der Waals surface area contributed by atoms with Crippen molar-refractivity contribution in [3.05, 3.63) is 38.4 Å². The zero-order chi connectivity index (χ0) is 22.1. The maximum Gasteiger partial charge on any atom is 0.275 e. The standard InChI is InChI=1S/C22H26N4O4/c1-5-8-14(22(2)10-6-7-11-22)25-16-15(19(28)20(16)29)24-13-9-12-23-17(18(13)27)21(30)26(3)4/h9,12,14,25,27H,6-7,10-11H2,1-4H3,(H,23,24)/t14-/m0/s1. The van der Waals surface area contributed by atoms with Gasteiger partial charge in [-0.15, -0.1) is 5.92 Å². The van der Waals surface area contributed by atoms with Crippen molar-refractivity contribution in [3.8, 4) is 17.6 Å². The Morgan fingerprint density at radius 3 is 2.47 bits per heavy atom. The summed E-state index contributed by atoms with van der Waals surface area (Å²) in [6, 6.07) is 1.16. The highest BCUT2D eigenvalue weighted by atomic mass is 16.3. The number of hydrogen-bond acceptors (Lipinski definition) is 7. The topological polar surface area (TPSA) is 112 Å². The van der Waals surface area contributed by atoms with Crippen molar-refractivity contribution in [1.82, 2.24) is 9.88 Å². The van der Waals surface area contributed by atoms with Crippen molar-refractivity contribution < 1.29 is 9.90 Å². The molecule has 1 aliphatic rings. The van der Waals surface area contributed by atoms with Crippen LogP contribution in [0.5, 0.6) is 5.75 Å². The SMILES string of the molecule is CC#C[C@H](Nc1c(Nc2ccnc(C(=O)N(C)C)c2O)c(=O)c1=O)C1(C)CCCC1. The molecular weight excluding hydrogens is 384 g/mol. The first-order valence-corrected chi connectivity index (χ1v) is 9.88. The Bertz CT molecular complexity index is 1100. The Morgan fingerprint density at radius 1 is 1.23 bits per heavy atom. The van der Waals surface area contributed by atoms with E-state index >= 15 is 0 Å². The van der Waals surface area contributed by atoms with Gasteiger partial charge in [0.05, 0.1) is 11.7 Å². The molecule has 1 aromatic carbocycles. The monoisotopic (exact) mass is 410 g/mol. The summed E-state index contributed by atoms with van der Waals surface area (Å²) in [5, 5.41) is 16.4. The maximum absolute atomic E-state index is 12.3. The van der Waals surface area contributed by atoms with E-state index in [-0.39, 0.29) is 40.0 Å². The Labute approximate surface area is 175 Å². The maximum atomic E-state index is 12.3. The summed E-state index contributed by atoms with van der Waals surface area (Å²) in [6.45, 7) is 3.88. The van der Waals surface area contributed by atoms with Crippen LogP contribution < -0.4 is 21.5 Å². The van der Waals surface area contributed by atoms with Crippen LogP contribution in [0.3, 0.4) is 0 Å². The van der Waals surface area contributed by atoms with Crippen molar-refractivity contribution >= 4 is 23.0 Å². The second-order valence-corrected chi connectivity index (χ2v) is 8.12. The highest BCUT2D eigenvalue weighted by Crippen LogP contribution is 2.42. The Hall–Kier alpha value is -3.34. The lowest BCUT2D eigenvalue weighted by molar-refractivity contribution is 0.0819. The molecule has 2 aromatic rings. The van der Waals surface area contributed by atoms with Crippen molar-refractivity contribution in [2.75, 3.05) is 24.7 Å². The summed E-state index contributed by atoms with van der Waals surface area (Å²) in [5.41, 5.74) is -1.23. The predicted octanol–water partition coefficient (Wildman–Crippen LogP) is 2.21. The van der Waals surface area contributed by atoms with Crippen LogP contribution in [0.25, 0.3) is 0 Å². The number of amides is 1. The number of aromatic nitrogens is 1. The van der Waals surface area contributed by atoms with E-state index in [1.165, 1.54) is 17.2 Å². The molecule has 0 saturated heterocycles. The summed E-state index contributed by atoms with van der Waals surface area (Å²) in [6.07, 6.45) is 5.52. The average molecular weight is 410 g/mol. The minimum absolute atomic E-state index is 0.0502. The second kappa shape index (κ2) is 8.19. The first kappa shape index (κ1) is 21.4. The van der Waals surface area contributed by atoms with Crippen molar-refractivity contribution in [2.45, 2.75) is 45.6 Å². The number of nitrogens with zero attached hydrogens (tertiary/aromatic N) is 2. The minimum atomic E-state index is -0.686. The number of aromatic hydroxyl groups is 1. The zero-order valence-corrected chi connectivity index (χ0v) is 17.6. The van der Waals surface area contributed by atoms with Gasteiger partial charge in [0.15, 0.2) is 11.4 Å². The summed E-state index contributed by atoms with van der Waals surface area (Å²) in [4.78, 5) is 41.9. The summed E-state index contributed by atoms with van der Waals surface area (Å²) >= 11 is 0. The fourth-order valence-corrected chi connectivity index (χ4v) is 3.85. The number of nitrogens with one attached hydrogen (secondary N) is 2. The van der Waals surface area contributed by atoms with Crippen LogP contribution in [-0.2, 0) is 0 Å². The van der Waals surface area contributed by atoms with E-state index in [0.717, 1.165) is 25.7 Å². The summed E-state index contributed by atoms with van der Waals surface area (Å²) in [5.74, 6) is 5.18. The fraction of sp³-hybridized carbons (Fsp3) is 0.455. The molecule has 1 aliphatic carbocycles. The molecule has 1 fully saturated rings. The number of carbonyl (C=O) groups is 1. The van der Waals surface area contributed by atoms with Crippen LogP contribution in [0.2, 0.25) is 0 Å². The van der Waals surface area contributed by atoms with E-state index in [2.05, 4.69) is 34.4 Å². The molecule has 0 aliphatic heterocycles. The molecule has 1 heterocycles. The van der Waals surface area contributed by atoms with Crippen LogP contribution in [0, 0.1) is 17.3 Å². The lowest BCUT2D eigenvalue weighted by Crippen LogP contribution is -2.43. The molecule has 8 heteroatoms. The predicted molar refractivity (Wildman–Crippen MR) is 116 cm³/mol. The first-order chi connectivity index (χ1) is 14.2. The van der Waals surface area contributed by atoms with E-state index in [1.54, 1.807) is 21.0 Å². The molecule has 0 unspecified atom stereocenters. The molecule has 0 spiro atoms. The lowest BCUT2D eigenvalue weighted by Gasteiger charge is -2.32. The molecule has 1 saturated carbocycles. The van der Waals surface area contributed by atoms with Gasteiger partial charge in [0, 0.05) is 20.3 Å². The van der Waals surface area contributed by atoms with Gasteiger partial charge in [-0.25, -0.2) is 4.98 Å². The van der Waals surface area contributed by atoms with Gasteiger partial charge in [0.1, 0.15) is 11.4 Å². The number of pyridine rings is 1. The highest BCUT2D eigenvalue weighted by Gasteiger charge is 2.38. The molecule has 1 amide bonds. The number of hydrogen-bond donors (Lipinski definition) is 3. The zero-order valence-electron chi connectivity index (χ0n) is 17.6. The van der Waals surface area contributed by atoms with E-state index < -0.39 is 16.8 Å². The quantitative estimate of drug-likeness (QED) is 0.494. The Morgan fingerprint density at radius 2 is 1.87 bits per heavy atom. The third-order valence-electron chi connectivity index (χ3n) is 5.72. The molecule has 1 aromatic heterocycles. The molecule has 8 nitrogen and oxygen atoms in total. The molecule has 1 atom stereocenters. The lowest BCUT2D eigenvalue weighted by atomic mass is 9.80. The largest absolute Gasteiger partial charge is 0.504 e. The molecule has 0 bridgehead atoms. The van der Waals surface area contributed by atoms with Crippen LogP contribution in [0.1, 0.15) is 50.0 Å². The molecule has 30 heavy (non-hydrogen) atoms. The number of carbonyl (C=O) groups excluding carboxylic acids is 1. The molecule has 3 rings (SSSR count). The second-order valence-electron chi connectivity index (χ2n) is 8.12. The molecule has 0 radical (unpaired) electrons. The van der Waals surface area contributed by atoms with Crippen molar-refractivity contribution in [1.29, 1.82) is 0 Å². The van der Waals surface area contributed by atoms with E-state index in [1.807, 2.05) is 0 Å². The number of anilines is 3. The van der Waals surface area contributed by atoms with Gasteiger partial charge in [0.2, 0.25) is 0 Å². The van der Waals surface area contributed by atoms with Crippen LogP contribution in [0.15, 0.2) is 21.9 Å². The minimum Gasteiger partial charge on any atom is -0.504 e. The smallest absolute Gasteiger partial charge is 0.275 e. The molecule has 3 N–H and O–H groups in total. The van der Waals surface area contributed by atoms with Gasteiger partial charge < -0.3 is 20.6 Å². The van der Waals surface area contributed by atoms with Gasteiger partial charge in [0.25, 0.3) is 16.8 Å². The molecular formula is C22H26N4O4. The van der Waals surface area contributed by atoms with Gasteiger partial charge >= 0.3 is 0 Å². The van der Waals surface area contributed by atoms with Gasteiger partial charge in [-0.2, -0.15) is 0 Å². The third-order valence-corrected chi connectivity index (χ3v) is 5.72. The van der Waals surface area contributed by atoms with Crippen LogP contribution in [0.4, 0.5) is 17.1 Å². The summed E-state index contributed by atoms with van der Waals surface area (Å²) in [7, 11) is 3.08.